The van der Waals surface area contributed by atoms with Crippen molar-refractivity contribution in [1.29, 1.82) is 0 Å². The molecule has 1 aromatic carbocycles. The second-order valence-corrected chi connectivity index (χ2v) is 5.67. The molecule has 0 N–H and O–H groups in total. The van der Waals surface area contributed by atoms with Crippen molar-refractivity contribution in [3.05, 3.63) is 29.8 Å². The molecule has 102 valence electrons. The van der Waals surface area contributed by atoms with E-state index in [-0.39, 0.29) is 5.41 Å². The van der Waals surface area contributed by atoms with Gasteiger partial charge in [-0.15, -0.1) is 0 Å². The molecule has 0 radical (unpaired) electrons. The van der Waals surface area contributed by atoms with E-state index in [0.29, 0.717) is 5.92 Å². The van der Waals surface area contributed by atoms with Gasteiger partial charge in [-0.05, 0) is 49.5 Å². The van der Waals surface area contributed by atoms with Crippen LogP contribution in [-0.2, 0) is 5.41 Å². The van der Waals surface area contributed by atoms with Crippen molar-refractivity contribution in [1.82, 2.24) is 4.90 Å². The van der Waals surface area contributed by atoms with Crippen LogP contribution in [0.3, 0.4) is 0 Å². The average molecular weight is 249 g/mol. The number of rotatable bonds is 6. The fourth-order valence-electron chi connectivity index (χ4n) is 2.56. The van der Waals surface area contributed by atoms with E-state index in [1.54, 1.807) is 7.11 Å². The lowest BCUT2D eigenvalue weighted by molar-refractivity contribution is 0.230. The minimum absolute atomic E-state index is 0.193. The van der Waals surface area contributed by atoms with Gasteiger partial charge in [-0.25, -0.2) is 0 Å². The van der Waals surface area contributed by atoms with Crippen LogP contribution in [0.15, 0.2) is 24.3 Å². The molecule has 18 heavy (non-hydrogen) atoms. The van der Waals surface area contributed by atoms with Crippen LogP contribution in [0.5, 0.6) is 5.75 Å². The van der Waals surface area contributed by atoms with E-state index in [4.69, 9.17) is 4.74 Å². The van der Waals surface area contributed by atoms with Crippen molar-refractivity contribution < 1.29 is 4.74 Å². The second kappa shape index (κ2) is 6.24. The van der Waals surface area contributed by atoms with Crippen LogP contribution in [0.1, 0.15) is 32.8 Å². The highest BCUT2D eigenvalue weighted by Crippen LogP contribution is 2.37. The standard InChI is InChI=1S/C16H27NO/c1-7-16(3,13(2)12-17(4)5)14-9-8-10-15(11-14)18-6/h8-11,13H,7,12H2,1-6H3/t13-,16-/m0/s1. The van der Waals surface area contributed by atoms with E-state index in [1.807, 2.05) is 6.07 Å². The summed E-state index contributed by atoms with van der Waals surface area (Å²) < 4.78 is 5.34. The molecule has 1 aromatic rings. The van der Waals surface area contributed by atoms with Crippen LogP contribution in [0.2, 0.25) is 0 Å². The molecule has 2 nitrogen and oxygen atoms in total. The van der Waals surface area contributed by atoms with Crippen LogP contribution in [0.25, 0.3) is 0 Å². The molecule has 0 saturated carbocycles. The lowest BCUT2D eigenvalue weighted by Crippen LogP contribution is -2.36. The number of nitrogens with zero attached hydrogens (tertiary/aromatic N) is 1. The first-order chi connectivity index (χ1) is 8.43. The molecule has 0 spiro atoms. The zero-order valence-electron chi connectivity index (χ0n) is 12.7. The molecule has 0 saturated heterocycles. The Bertz CT molecular complexity index is 375. The summed E-state index contributed by atoms with van der Waals surface area (Å²) in [7, 11) is 6.00. The molecule has 0 bridgehead atoms. The molecule has 0 unspecified atom stereocenters. The summed E-state index contributed by atoms with van der Waals surface area (Å²) in [6.45, 7) is 8.06. The first-order valence-corrected chi connectivity index (χ1v) is 6.73. The van der Waals surface area contributed by atoms with Gasteiger partial charge in [0.05, 0.1) is 7.11 Å². The summed E-state index contributed by atoms with van der Waals surface area (Å²) in [5.41, 5.74) is 1.57. The fraction of sp³-hybridized carbons (Fsp3) is 0.625. The molecule has 0 aromatic heterocycles. The number of hydrogen-bond donors (Lipinski definition) is 0. The molecule has 0 heterocycles. The van der Waals surface area contributed by atoms with Gasteiger partial charge >= 0.3 is 0 Å². The van der Waals surface area contributed by atoms with Gasteiger partial charge in [-0.2, -0.15) is 0 Å². The fourth-order valence-corrected chi connectivity index (χ4v) is 2.56. The minimum Gasteiger partial charge on any atom is -0.497 e. The minimum atomic E-state index is 0.193. The Morgan fingerprint density at radius 1 is 1.33 bits per heavy atom. The van der Waals surface area contributed by atoms with E-state index >= 15 is 0 Å². The van der Waals surface area contributed by atoms with E-state index in [9.17, 15) is 0 Å². The SMILES string of the molecule is CC[C@](C)(c1cccc(OC)c1)[C@@H](C)CN(C)C. The van der Waals surface area contributed by atoms with E-state index in [0.717, 1.165) is 18.7 Å². The summed E-state index contributed by atoms with van der Waals surface area (Å²) in [5, 5.41) is 0. The van der Waals surface area contributed by atoms with Crippen LogP contribution in [0.4, 0.5) is 0 Å². The summed E-state index contributed by atoms with van der Waals surface area (Å²) in [4.78, 5) is 2.26. The molecule has 2 heteroatoms. The van der Waals surface area contributed by atoms with Crippen molar-refractivity contribution in [2.45, 2.75) is 32.6 Å². The predicted octanol–water partition coefficient (Wildman–Crippen LogP) is 3.56. The van der Waals surface area contributed by atoms with Crippen LogP contribution in [-0.4, -0.2) is 32.6 Å². The highest BCUT2D eigenvalue weighted by Gasteiger charge is 2.31. The van der Waals surface area contributed by atoms with Crippen molar-refractivity contribution >= 4 is 0 Å². The predicted molar refractivity (Wildman–Crippen MR) is 78.4 cm³/mol. The Balaban J connectivity index is 3.05. The van der Waals surface area contributed by atoms with Crippen molar-refractivity contribution in [2.24, 2.45) is 5.92 Å². The van der Waals surface area contributed by atoms with Gasteiger partial charge in [0.25, 0.3) is 0 Å². The van der Waals surface area contributed by atoms with E-state index in [1.165, 1.54) is 5.56 Å². The maximum absolute atomic E-state index is 5.34. The van der Waals surface area contributed by atoms with Crippen LogP contribution >= 0.6 is 0 Å². The van der Waals surface area contributed by atoms with Gasteiger partial charge in [0.2, 0.25) is 0 Å². The lowest BCUT2D eigenvalue weighted by atomic mass is 9.70. The Morgan fingerprint density at radius 2 is 2.00 bits per heavy atom. The molecule has 0 aliphatic carbocycles. The van der Waals surface area contributed by atoms with Crippen molar-refractivity contribution in [3.63, 3.8) is 0 Å². The van der Waals surface area contributed by atoms with Crippen LogP contribution in [0, 0.1) is 5.92 Å². The lowest BCUT2D eigenvalue weighted by Gasteiger charge is -2.37. The zero-order valence-corrected chi connectivity index (χ0v) is 12.7. The maximum Gasteiger partial charge on any atom is 0.119 e. The summed E-state index contributed by atoms with van der Waals surface area (Å²) in [5.74, 6) is 1.55. The first-order valence-electron chi connectivity index (χ1n) is 6.73. The molecule has 0 fully saturated rings. The topological polar surface area (TPSA) is 12.5 Å². The maximum atomic E-state index is 5.34. The average Bonchev–Trinajstić information content (AvgIpc) is 2.37. The Hall–Kier alpha value is -1.02. The van der Waals surface area contributed by atoms with Gasteiger partial charge < -0.3 is 9.64 Å². The molecule has 0 aliphatic heterocycles. The largest absolute Gasteiger partial charge is 0.497 e. The summed E-state index contributed by atoms with van der Waals surface area (Å²) >= 11 is 0. The van der Waals surface area contributed by atoms with Gasteiger partial charge in [-0.1, -0.05) is 32.9 Å². The van der Waals surface area contributed by atoms with Gasteiger partial charge in [0.1, 0.15) is 5.75 Å². The molecular formula is C16H27NO. The monoisotopic (exact) mass is 249 g/mol. The normalized spacial score (nSPS) is 16.4. The third-order valence-corrected chi connectivity index (χ3v) is 4.19. The van der Waals surface area contributed by atoms with Gasteiger partial charge in [0.15, 0.2) is 0 Å². The molecular weight excluding hydrogens is 222 g/mol. The first kappa shape index (κ1) is 15.0. The van der Waals surface area contributed by atoms with Crippen LogP contribution < -0.4 is 4.74 Å². The second-order valence-electron chi connectivity index (χ2n) is 5.67. The third kappa shape index (κ3) is 3.26. The molecule has 2 atom stereocenters. The quantitative estimate of drug-likeness (QED) is 0.764. The highest BCUT2D eigenvalue weighted by atomic mass is 16.5. The Kier molecular flexibility index (Phi) is 5.21. The van der Waals surface area contributed by atoms with Gasteiger partial charge in [0, 0.05) is 6.54 Å². The Labute approximate surface area is 112 Å². The highest BCUT2D eigenvalue weighted by molar-refractivity contribution is 5.34. The Morgan fingerprint density at radius 3 is 2.50 bits per heavy atom. The smallest absolute Gasteiger partial charge is 0.119 e. The number of benzene rings is 1. The van der Waals surface area contributed by atoms with Crippen molar-refractivity contribution in [3.8, 4) is 5.75 Å². The molecule has 1 rings (SSSR count). The number of methoxy groups -OCH3 is 1. The van der Waals surface area contributed by atoms with Gasteiger partial charge in [-0.3, -0.25) is 0 Å². The third-order valence-electron chi connectivity index (χ3n) is 4.19. The van der Waals surface area contributed by atoms with E-state index in [2.05, 4.69) is 58.0 Å². The molecule has 0 aliphatic rings. The molecule has 0 amide bonds. The summed E-state index contributed by atoms with van der Waals surface area (Å²) in [6, 6.07) is 8.49. The summed E-state index contributed by atoms with van der Waals surface area (Å²) in [6.07, 6.45) is 1.13. The zero-order chi connectivity index (χ0) is 13.8. The van der Waals surface area contributed by atoms with E-state index < -0.39 is 0 Å². The number of ether oxygens (including phenoxy) is 1. The number of hydrogen-bond acceptors (Lipinski definition) is 2. The van der Waals surface area contributed by atoms with Crippen molar-refractivity contribution in [2.75, 3.05) is 27.7 Å².